The zero-order valence-corrected chi connectivity index (χ0v) is 12.8. The Kier molecular flexibility index (Phi) is 7.72. The van der Waals surface area contributed by atoms with Crippen molar-refractivity contribution in [3.05, 3.63) is 35.4 Å². The Bertz CT molecular complexity index is 354. The van der Waals surface area contributed by atoms with Gasteiger partial charge >= 0.3 is 0 Å². The first kappa shape index (κ1) is 16.2. The fourth-order valence-electron chi connectivity index (χ4n) is 2.21. The van der Waals surface area contributed by atoms with Crippen LogP contribution >= 0.6 is 0 Å². The van der Waals surface area contributed by atoms with Gasteiger partial charge in [0.25, 0.3) is 0 Å². The van der Waals surface area contributed by atoms with Gasteiger partial charge in [-0.15, -0.1) is 0 Å². The van der Waals surface area contributed by atoms with E-state index in [0.29, 0.717) is 6.04 Å². The lowest BCUT2D eigenvalue weighted by molar-refractivity contribution is 0.101. The molecule has 3 heteroatoms. The molecule has 108 valence electrons. The molecule has 1 aromatic rings. The molecule has 0 aromatic heterocycles. The van der Waals surface area contributed by atoms with Crippen LogP contribution in [-0.2, 0) is 11.3 Å². The number of hydrogen-bond donors (Lipinski definition) is 1. The number of methoxy groups -OCH3 is 1. The summed E-state index contributed by atoms with van der Waals surface area (Å²) in [6.07, 6.45) is 1.17. The van der Waals surface area contributed by atoms with Gasteiger partial charge in [-0.25, -0.2) is 0 Å². The average Bonchev–Trinajstić information content (AvgIpc) is 2.38. The van der Waals surface area contributed by atoms with Crippen molar-refractivity contribution in [2.45, 2.75) is 32.9 Å². The van der Waals surface area contributed by atoms with Gasteiger partial charge in [0, 0.05) is 26.2 Å². The Morgan fingerprint density at radius 3 is 2.79 bits per heavy atom. The van der Waals surface area contributed by atoms with Crippen LogP contribution in [0.3, 0.4) is 0 Å². The number of benzene rings is 1. The maximum absolute atomic E-state index is 5.34. The van der Waals surface area contributed by atoms with Crippen LogP contribution in [0.25, 0.3) is 0 Å². The number of aryl methyl sites for hydroxylation is 1. The summed E-state index contributed by atoms with van der Waals surface area (Å²) in [7, 11) is 3.94. The third kappa shape index (κ3) is 6.19. The molecule has 0 spiro atoms. The van der Waals surface area contributed by atoms with Gasteiger partial charge in [0.15, 0.2) is 0 Å². The van der Waals surface area contributed by atoms with Gasteiger partial charge in [-0.2, -0.15) is 0 Å². The van der Waals surface area contributed by atoms with Crippen molar-refractivity contribution in [3.63, 3.8) is 0 Å². The summed E-state index contributed by atoms with van der Waals surface area (Å²) >= 11 is 0. The summed E-state index contributed by atoms with van der Waals surface area (Å²) in [5.41, 5.74) is 2.68. The smallest absolute Gasteiger partial charge is 0.0630 e. The Balaban J connectivity index is 2.52. The maximum Gasteiger partial charge on any atom is 0.0630 e. The van der Waals surface area contributed by atoms with E-state index < -0.39 is 0 Å². The quantitative estimate of drug-likeness (QED) is 0.693. The van der Waals surface area contributed by atoms with Crippen molar-refractivity contribution in [2.75, 3.05) is 33.9 Å². The molecule has 0 fully saturated rings. The summed E-state index contributed by atoms with van der Waals surface area (Å²) in [5.74, 6) is 0. The van der Waals surface area contributed by atoms with Crippen LogP contribution in [0.2, 0.25) is 0 Å². The molecule has 3 nitrogen and oxygen atoms in total. The molecule has 0 radical (unpaired) electrons. The largest absolute Gasteiger partial charge is 0.383 e. The maximum atomic E-state index is 5.34. The molecular formula is C16H28N2O. The number of hydrogen-bond acceptors (Lipinski definition) is 3. The average molecular weight is 264 g/mol. The Labute approximate surface area is 118 Å². The van der Waals surface area contributed by atoms with Gasteiger partial charge in [0.2, 0.25) is 0 Å². The lowest BCUT2D eigenvalue weighted by Gasteiger charge is -2.28. The minimum atomic E-state index is 0.414. The Morgan fingerprint density at radius 2 is 2.16 bits per heavy atom. The zero-order chi connectivity index (χ0) is 14.1. The number of nitrogens with zero attached hydrogens (tertiary/aromatic N) is 1. The molecule has 0 saturated carbocycles. The molecule has 1 rings (SSSR count). The summed E-state index contributed by atoms with van der Waals surface area (Å²) in [5, 5.41) is 3.48. The standard InChI is InChI=1S/C16H28N2O/c1-5-9-17-11-16(13-19-4)18(3)12-15-8-6-7-14(2)10-15/h6-8,10,16-17H,5,9,11-13H2,1-4H3. The molecule has 0 aliphatic heterocycles. The van der Waals surface area contributed by atoms with Gasteiger partial charge in [0.05, 0.1) is 6.61 Å². The normalized spacial score (nSPS) is 12.9. The van der Waals surface area contributed by atoms with Gasteiger partial charge in [-0.05, 0) is 32.5 Å². The van der Waals surface area contributed by atoms with Crippen molar-refractivity contribution in [1.82, 2.24) is 10.2 Å². The van der Waals surface area contributed by atoms with Crippen molar-refractivity contribution in [1.29, 1.82) is 0 Å². The summed E-state index contributed by atoms with van der Waals surface area (Å²) in [6.45, 7) is 8.10. The van der Waals surface area contributed by atoms with Crippen molar-refractivity contribution < 1.29 is 4.74 Å². The highest BCUT2D eigenvalue weighted by Gasteiger charge is 2.14. The number of rotatable bonds is 9. The lowest BCUT2D eigenvalue weighted by Crippen LogP contribution is -2.42. The number of likely N-dealkylation sites (N-methyl/N-ethyl adjacent to an activating group) is 1. The van der Waals surface area contributed by atoms with Crippen LogP contribution in [-0.4, -0.2) is 44.8 Å². The molecular weight excluding hydrogens is 236 g/mol. The van der Waals surface area contributed by atoms with Crippen LogP contribution in [0.4, 0.5) is 0 Å². The first-order valence-corrected chi connectivity index (χ1v) is 7.12. The van der Waals surface area contributed by atoms with E-state index in [1.165, 1.54) is 17.5 Å². The topological polar surface area (TPSA) is 24.5 Å². The molecule has 0 amide bonds. The summed E-state index contributed by atoms with van der Waals surface area (Å²) in [6, 6.07) is 9.11. The third-order valence-corrected chi connectivity index (χ3v) is 3.30. The predicted molar refractivity (Wildman–Crippen MR) is 81.5 cm³/mol. The SMILES string of the molecule is CCCNCC(COC)N(C)Cc1cccc(C)c1. The van der Waals surface area contributed by atoms with E-state index in [1.54, 1.807) is 7.11 Å². The molecule has 0 bridgehead atoms. The van der Waals surface area contributed by atoms with Crippen LogP contribution < -0.4 is 5.32 Å². The molecule has 0 saturated heterocycles. The first-order valence-electron chi connectivity index (χ1n) is 7.12. The van der Waals surface area contributed by atoms with Crippen LogP contribution in [0, 0.1) is 6.92 Å². The molecule has 1 unspecified atom stereocenters. The number of nitrogens with one attached hydrogen (secondary N) is 1. The van der Waals surface area contributed by atoms with Gasteiger partial charge < -0.3 is 10.1 Å². The van der Waals surface area contributed by atoms with Crippen LogP contribution in [0.15, 0.2) is 24.3 Å². The minimum absolute atomic E-state index is 0.414. The molecule has 0 aliphatic rings. The van der Waals surface area contributed by atoms with E-state index in [4.69, 9.17) is 4.74 Å². The van der Waals surface area contributed by atoms with E-state index in [-0.39, 0.29) is 0 Å². The molecule has 1 atom stereocenters. The second-order valence-corrected chi connectivity index (χ2v) is 5.22. The summed E-state index contributed by atoms with van der Waals surface area (Å²) < 4.78 is 5.34. The van der Waals surface area contributed by atoms with Gasteiger partial charge in [0.1, 0.15) is 0 Å². The highest BCUT2D eigenvalue weighted by Crippen LogP contribution is 2.09. The van der Waals surface area contributed by atoms with E-state index >= 15 is 0 Å². The second kappa shape index (κ2) is 9.08. The second-order valence-electron chi connectivity index (χ2n) is 5.22. The van der Waals surface area contributed by atoms with Gasteiger partial charge in [-0.1, -0.05) is 36.8 Å². The van der Waals surface area contributed by atoms with E-state index in [9.17, 15) is 0 Å². The minimum Gasteiger partial charge on any atom is -0.383 e. The van der Waals surface area contributed by atoms with Crippen molar-refractivity contribution >= 4 is 0 Å². The highest BCUT2D eigenvalue weighted by atomic mass is 16.5. The Morgan fingerprint density at radius 1 is 1.37 bits per heavy atom. The Hall–Kier alpha value is -0.900. The van der Waals surface area contributed by atoms with E-state index in [2.05, 4.69) is 55.4 Å². The molecule has 1 N–H and O–H groups in total. The molecule has 1 aromatic carbocycles. The molecule has 0 heterocycles. The van der Waals surface area contributed by atoms with Gasteiger partial charge in [-0.3, -0.25) is 4.90 Å². The third-order valence-electron chi connectivity index (χ3n) is 3.30. The van der Waals surface area contributed by atoms with Crippen molar-refractivity contribution in [3.8, 4) is 0 Å². The fraction of sp³-hybridized carbons (Fsp3) is 0.625. The van der Waals surface area contributed by atoms with Crippen LogP contribution in [0.5, 0.6) is 0 Å². The van der Waals surface area contributed by atoms with Crippen LogP contribution in [0.1, 0.15) is 24.5 Å². The molecule has 19 heavy (non-hydrogen) atoms. The number of ether oxygens (including phenoxy) is 1. The van der Waals surface area contributed by atoms with E-state index in [1.807, 2.05) is 0 Å². The lowest BCUT2D eigenvalue weighted by atomic mass is 10.1. The van der Waals surface area contributed by atoms with Crippen molar-refractivity contribution in [2.24, 2.45) is 0 Å². The fourth-order valence-corrected chi connectivity index (χ4v) is 2.21. The predicted octanol–water partition coefficient (Wildman–Crippen LogP) is 2.44. The monoisotopic (exact) mass is 264 g/mol. The first-order chi connectivity index (χ1) is 9.17. The zero-order valence-electron chi connectivity index (χ0n) is 12.8. The summed E-state index contributed by atoms with van der Waals surface area (Å²) in [4.78, 5) is 2.36. The highest BCUT2D eigenvalue weighted by molar-refractivity contribution is 5.22. The van der Waals surface area contributed by atoms with E-state index in [0.717, 1.165) is 26.2 Å². The molecule has 0 aliphatic carbocycles.